The molecule has 4 nitrogen and oxygen atoms in total. The van der Waals surface area contributed by atoms with E-state index in [1.54, 1.807) is 11.0 Å². The van der Waals surface area contributed by atoms with Gasteiger partial charge in [0.2, 0.25) is 0 Å². The lowest BCUT2D eigenvalue weighted by molar-refractivity contribution is 0.0635. The second-order valence-electron chi connectivity index (χ2n) is 4.96. The maximum atomic E-state index is 12.5. The molecule has 0 saturated carbocycles. The summed E-state index contributed by atoms with van der Waals surface area (Å²) in [5.74, 6) is -0.153. The molecule has 110 valence electrons. The zero-order valence-corrected chi connectivity index (χ0v) is 14.1. The van der Waals surface area contributed by atoms with Crippen molar-refractivity contribution in [3.05, 3.63) is 28.2 Å². The van der Waals surface area contributed by atoms with Gasteiger partial charge in [0.05, 0.1) is 4.90 Å². The minimum Gasteiger partial charge on any atom is -0.336 e. The molecule has 0 aliphatic carbocycles. The number of benzene rings is 1. The van der Waals surface area contributed by atoms with Crippen molar-refractivity contribution < 1.29 is 13.2 Å². The normalized spacial score (nSPS) is 19.9. The highest BCUT2D eigenvalue weighted by atomic mass is 79.9. The molecule has 1 aromatic carbocycles. The van der Waals surface area contributed by atoms with E-state index >= 15 is 0 Å². The average molecular weight is 381 g/mol. The van der Waals surface area contributed by atoms with Crippen LogP contribution in [0.25, 0.3) is 0 Å². The van der Waals surface area contributed by atoms with Gasteiger partial charge in [-0.25, -0.2) is 8.42 Å². The van der Waals surface area contributed by atoms with Crippen LogP contribution in [0.3, 0.4) is 0 Å². The molecule has 1 atom stereocenters. The van der Waals surface area contributed by atoms with Crippen molar-refractivity contribution in [1.82, 2.24) is 4.90 Å². The first-order chi connectivity index (χ1) is 9.29. The summed E-state index contributed by atoms with van der Waals surface area (Å²) in [6.07, 6.45) is 3.07. The van der Waals surface area contributed by atoms with Gasteiger partial charge in [0.25, 0.3) is 15.0 Å². The molecular weight excluding hydrogens is 366 g/mol. The van der Waals surface area contributed by atoms with Crippen LogP contribution < -0.4 is 0 Å². The predicted molar refractivity (Wildman–Crippen MR) is 81.5 cm³/mol. The second-order valence-corrected chi connectivity index (χ2v) is 8.44. The highest BCUT2D eigenvalue weighted by Gasteiger charge is 2.25. The van der Waals surface area contributed by atoms with Crippen LogP contribution in [0.4, 0.5) is 0 Å². The van der Waals surface area contributed by atoms with Crippen molar-refractivity contribution >= 4 is 41.6 Å². The minimum absolute atomic E-state index is 0.0680. The molecule has 1 aliphatic rings. The van der Waals surface area contributed by atoms with Gasteiger partial charge in [-0.1, -0.05) is 15.9 Å². The van der Waals surface area contributed by atoms with E-state index in [1.165, 1.54) is 12.1 Å². The lowest BCUT2D eigenvalue weighted by Gasteiger charge is -2.33. The number of hydrogen-bond acceptors (Lipinski definition) is 3. The fourth-order valence-electron chi connectivity index (χ4n) is 2.39. The molecule has 7 heteroatoms. The molecule has 1 fully saturated rings. The summed E-state index contributed by atoms with van der Waals surface area (Å²) < 4.78 is 23.4. The van der Waals surface area contributed by atoms with Crippen molar-refractivity contribution in [2.45, 2.75) is 37.1 Å². The van der Waals surface area contributed by atoms with Crippen molar-refractivity contribution in [2.24, 2.45) is 0 Å². The third-order valence-electron chi connectivity index (χ3n) is 3.46. The molecule has 0 N–H and O–H groups in total. The first-order valence-corrected chi connectivity index (χ1v) is 9.45. The fraction of sp³-hybridized carbons (Fsp3) is 0.462. The highest BCUT2D eigenvalue weighted by molar-refractivity contribution is 9.10. The predicted octanol–water partition coefficient (Wildman–Crippen LogP) is 3.39. The summed E-state index contributed by atoms with van der Waals surface area (Å²) in [4.78, 5) is 14.2. The van der Waals surface area contributed by atoms with Crippen LogP contribution in [0.1, 0.15) is 36.5 Å². The van der Waals surface area contributed by atoms with E-state index in [-0.39, 0.29) is 16.8 Å². The van der Waals surface area contributed by atoms with Gasteiger partial charge in [0, 0.05) is 33.3 Å². The molecule has 20 heavy (non-hydrogen) atoms. The van der Waals surface area contributed by atoms with Crippen molar-refractivity contribution in [1.29, 1.82) is 0 Å². The Kier molecular flexibility index (Phi) is 4.76. The molecule has 0 bridgehead atoms. The Morgan fingerprint density at radius 1 is 1.35 bits per heavy atom. The molecule has 1 unspecified atom stereocenters. The lowest BCUT2D eigenvalue weighted by Crippen LogP contribution is -2.42. The summed E-state index contributed by atoms with van der Waals surface area (Å²) in [5, 5.41) is 0. The lowest BCUT2D eigenvalue weighted by atomic mass is 10.0. The molecule has 2 rings (SSSR count). The fourth-order valence-corrected chi connectivity index (χ4v) is 3.84. The summed E-state index contributed by atoms with van der Waals surface area (Å²) in [6.45, 7) is 2.71. The number of rotatable bonds is 2. The smallest absolute Gasteiger partial charge is 0.261 e. The van der Waals surface area contributed by atoms with Gasteiger partial charge in [0.1, 0.15) is 0 Å². The van der Waals surface area contributed by atoms with E-state index in [2.05, 4.69) is 15.9 Å². The van der Waals surface area contributed by atoms with Gasteiger partial charge in [-0.15, -0.1) is 0 Å². The van der Waals surface area contributed by atoms with Crippen LogP contribution in [-0.4, -0.2) is 31.8 Å². The van der Waals surface area contributed by atoms with Crippen molar-refractivity contribution in [2.75, 3.05) is 6.54 Å². The van der Waals surface area contributed by atoms with Crippen molar-refractivity contribution in [3.8, 4) is 0 Å². The van der Waals surface area contributed by atoms with Crippen LogP contribution >= 0.6 is 26.6 Å². The summed E-state index contributed by atoms with van der Waals surface area (Å²) in [7, 11) is 1.49. The van der Waals surface area contributed by atoms with Crippen LogP contribution in [-0.2, 0) is 9.05 Å². The van der Waals surface area contributed by atoms with Gasteiger partial charge in [0.15, 0.2) is 0 Å². The molecule has 1 amide bonds. The molecule has 0 aromatic heterocycles. The molecule has 1 saturated heterocycles. The quantitative estimate of drug-likeness (QED) is 0.739. The number of amides is 1. The Balaban J connectivity index is 2.37. The Hall–Kier alpha value is -0.590. The number of likely N-dealkylation sites (tertiary alicyclic amines) is 1. The molecule has 1 aliphatic heterocycles. The number of hydrogen-bond donors (Lipinski definition) is 0. The van der Waals surface area contributed by atoms with Crippen LogP contribution in [0.2, 0.25) is 0 Å². The molecule has 1 heterocycles. The number of nitrogens with zero attached hydrogens (tertiary/aromatic N) is 1. The largest absolute Gasteiger partial charge is 0.336 e. The van der Waals surface area contributed by atoms with E-state index in [0.29, 0.717) is 16.6 Å². The minimum atomic E-state index is -3.85. The number of halogens is 2. The van der Waals surface area contributed by atoms with Gasteiger partial charge in [-0.05, 0) is 44.4 Å². The first kappa shape index (κ1) is 15.8. The maximum absolute atomic E-state index is 12.5. The number of carbonyl (C=O) groups is 1. The zero-order chi connectivity index (χ0) is 14.9. The Morgan fingerprint density at radius 3 is 2.65 bits per heavy atom. The third-order valence-corrected chi connectivity index (χ3v) is 5.25. The number of piperidine rings is 1. The maximum Gasteiger partial charge on any atom is 0.261 e. The molecular formula is C13H15BrClNO3S. The van der Waals surface area contributed by atoms with Gasteiger partial charge >= 0.3 is 0 Å². The van der Waals surface area contributed by atoms with Crippen LogP contribution in [0.5, 0.6) is 0 Å². The Bertz CT molecular complexity index is 633. The monoisotopic (exact) mass is 379 g/mol. The van der Waals surface area contributed by atoms with E-state index < -0.39 is 9.05 Å². The zero-order valence-electron chi connectivity index (χ0n) is 11.0. The Morgan fingerprint density at radius 2 is 2.05 bits per heavy atom. The van der Waals surface area contributed by atoms with E-state index in [1.807, 2.05) is 6.92 Å². The van der Waals surface area contributed by atoms with Gasteiger partial charge in [-0.3, -0.25) is 4.79 Å². The van der Waals surface area contributed by atoms with Crippen LogP contribution in [0, 0.1) is 0 Å². The average Bonchev–Trinajstić information content (AvgIpc) is 2.37. The SMILES string of the molecule is CC1CCCCN1C(=O)c1cc(Br)cc(S(=O)(=O)Cl)c1. The van der Waals surface area contributed by atoms with E-state index in [0.717, 1.165) is 19.3 Å². The van der Waals surface area contributed by atoms with Gasteiger partial charge < -0.3 is 4.90 Å². The summed E-state index contributed by atoms with van der Waals surface area (Å²) in [6, 6.07) is 4.51. The third kappa shape index (κ3) is 3.54. The van der Waals surface area contributed by atoms with E-state index in [9.17, 15) is 13.2 Å². The topological polar surface area (TPSA) is 54.5 Å². The van der Waals surface area contributed by atoms with Crippen LogP contribution in [0.15, 0.2) is 27.6 Å². The molecule has 0 radical (unpaired) electrons. The Labute approximate surface area is 131 Å². The number of carbonyl (C=O) groups excluding carboxylic acids is 1. The standard InChI is InChI=1S/C13H15BrClNO3S/c1-9-4-2-3-5-16(9)13(17)10-6-11(14)8-12(7-10)20(15,18)19/h6-9H,2-5H2,1H3. The molecule has 1 aromatic rings. The molecule has 0 spiro atoms. The van der Waals surface area contributed by atoms with Crippen molar-refractivity contribution in [3.63, 3.8) is 0 Å². The van der Waals surface area contributed by atoms with Gasteiger partial charge in [-0.2, -0.15) is 0 Å². The first-order valence-electron chi connectivity index (χ1n) is 6.35. The van der Waals surface area contributed by atoms with E-state index in [4.69, 9.17) is 10.7 Å². The second kappa shape index (κ2) is 6.03. The summed E-state index contributed by atoms with van der Waals surface area (Å²) in [5.41, 5.74) is 0.340. The summed E-state index contributed by atoms with van der Waals surface area (Å²) >= 11 is 3.22. The highest BCUT2D eigenvalue weighted by Crippen LogP contribution is 2.25.